The second-order valence-electron chi connectivity index (χ2n) is 8.04. The van der Waals surface area contributed by atoms with Gasteiger partial charge in [-0.15, -0.1) is 0 Å². The zero-order valence-corrected chi connectivity index (χ0v) is 18.7. The molecule has 1 aliphatic rings. The fourth-order valence-corrected chi connectivity index (χ4v) is 4.33. The largest absolute Gasteiger partial charge is 0.507 e. The van der Waals surface area contributed by atoms with Crippen molar-refractivity contribution >= 4 is 16.9 Å². The molecular formula is C26H20O9. The van der Waals surface area contributed by atoms with E-state index in [1.54, 1.807) is 18.2 Å². The molecule has 0 saturated carbocycles. The van der Waals surface area contributed by atoms with Crippen molar-refractivity contribution < 1.29 is 38.7 Å². The summed E-state index contributed by atoms with van der Waals surface area (Å²) in [5.41, 5.74) is 0.931. The van der Waals surface area contributed by atoms with E-state index in [-0.39, 0.29) is 40.4 Å². The highest BCUT2D eigenvalue weighted by Gasteiger charge is 2.34. The van der Waals surface area contributed by atoms with Crippen LogP contribution < -0.4 is 19.6 Å². The number of phenols is 3. The summed E-state index contributed by atoms with van der Waals surface area (Å²) in [6.45, 7) is 0. The molecule has 1 atom stereocenters. The first-order chi connectivity index (χ1) is 16.8. The second kappa shape index (κ2) is 8.28. The molecule has 4 aromatic rings. The highest BCUT2D eigenvalue weighted by Crippen LogP contribution is 2.47. The lowest BCUT2D eigenvalue weighted by Crippen LogP contribution is -2.22. The zero-order valence-electron chi connectivity index (χ0n) is 18.7. The van der Waals surface area contributed by atoms with Crippen LogP contribution in [0.3, 0.4) is 0 Å². The quantitative estimate of drug-likeness (QED) is 0.226. The van der Waals surface area contributed by atoms with Crippen molar-refractivity contribution in [1.29, 1.82) is 0 Å². The normalized spacial score (nSPS) is 14.9. The van der Waals surface area contributed by atoms with Gasteiger partial charge in [-0.05, 0) is 35.9 Å². The highest BCUT2D eigenvalue weighted by atomic mass is 16.5. The van der Waals surface area contributed by atoms with Crippen LogP contribution in [0.5, 0.6) is 34.5 Å². The van der Waals surface area contributed by atoms with Crippen LogP contribution in [-0.4, -0.2) is 35.5 Å². The number of esters is 1. The van der Waals surface area contributed by atoms with Crippen molar-refractivity contribution in [2.24, 2.45) is 0 Å². The fraction of sp³-hybridized carbons (Fsp3) is 0.154. The summed E-state index contributed by atoms with van der Waals surface area (Å²) in [5.74, 6) is -1.09. The molecule has 5 rings (SSSR count). The standard InChI is InChI=1S/C26H20O9/c1-32-19-6-4-12(8-21(19)33-2)14-9-23(31)34-22-11-18(30)25-17(29)10-20(35-26(25)24(14)22)13-3-5-15(27)16(28)7-13/h3-8,10-11,14,27-28,30H,9H2,1-2H3/t14-/m0/s1. The monoisotopic (exact) mass is 476 g/mol. The van der Waals surface area contributed by atoms with Crippen molar-refractivity contribution in [3.05, 3.63) is 69.9 Å². The van der Waals surface area contributed by atoms with Crippen LogP contribution in [0.1, 0.15) is 23.5 Å². The lowest BCUT2D eigenvalue weighted by Gasteiger charge is -2.26. The minimum atomic E-state index is -0.583. The molecule has 0 spiro atoms. The minimum Gasteiger partial charge on any atom is -0.507 e. The van der Waals surface area contributed by atoms with Gasteiger partial charge in [-0.1, -0.05) is 6.07 Å². The molecule has 3 N–H and O–H groups in total. The number of benzene rings is 3. The van der Waals surface area contributed by atoms with Gasteiger partial charge in [0.05, 0.1) is 20.6 Å². The third-order valence-corrected chi connectivity index (χ3v) is 5.99. The van der Waals surface area contributed by atoms with Crippen LogP contribution in [0.25, 0.3) is 22.3 Å². The Hall–Kier alpha value is -4.66. The summed E-state index contributed by atoms with van der Waals surface area (Å²) >= 11 is 0. The molecule has 178 valence electrons. The third-order valence-electron chi connectivity index (χ3n) is 5.99. The van der Waals surface area contributed by atoms with E-state index in [2.05, 4.69) is 0 Å². The number of fused-ring (bicyclic) bond motifs is 3. The zero-order chi connectivity index (χ0) is 24.9. The summed E-state index contributed by atoms with van der Waals surface area (Å²) in [7, 11) is 3.01. The Bertz CT molecular complexity index is 1550. The fourth-order valence-electron chi connectivity index (χ4n) is 4.33. The molecule has 0 aliphatic carbocycles. The van der Waals surface area contributed by atoms with Crippen molar-refractivity contribution in [2.75, 3.05) is 14.2 Å². The van der Waals surface area contributed by atoms with Gasteiger partial charge in [0.1, 0.15) is 28.2 Å². The van der Waals surface area contributed by atoms with Gasteiger partial charge in [0.15, 0.2) is 28.4 Å². The molecule has 1 aliphatic heterocycles. The smallest absolute Gasteiger partial charge is 0.312 e. The summed E-state index contributed by atoms with van der Waals surface area (Å²) < 4.78 is 22.2. The molecule has 0 unspecified atom stereocenters. The molecule has 0 amide bonds. The Morgan fingerprint density at radius 1 is 0.857 bits per heavy atom. The summed E-state index contributed by atoms with van der Waals surface area (Å²) in [5, 5.41) is 30.0. The van der Waals surface area contributed by atoms with Crippen molar-refractivity contribution in [2.45, 2.75) is 12.3 Å². The van der Waals surface area contributed by atoms with Gasteiger partial charge in [-0.3, -0.25) is 9.59 Å². The number of ether oxygens (including phenoxy) is 3. The molecule has 9 heteroatoms. The van der Waals surface area contributed by atoms with E-state index in [1.807, 2.05) is 0 Å². The van der Waals surface area contributed by atoms with Gasteiger partial charge in [0, 0.05) is 29.2 Å². The first-order valence-corrected chi connectivity index (χ1v) is 10.6. The molecule has 1 aromatic heterocycles. The van der Waals surface area contributed by atoms with Crippen LogP contribution >= 0.6 is 0 Å². The van der Waals surface area contributed by atoms with Crippen LogP contribution in [0.2, 0.25) is 0 Å². The van der Waals surface area contributed by atoms with Crippen molar-refractivity contribution in [1.82, 2.24) is 0 Å². The van der Waals surface area contributed by atoms with Gasteiger partial charge in [0.2, 0.25) is 0 Å². The Kier molecular flexibility index (Phi) is 5.24. The number of carbonyl (C=O) groups excluding carboxylic acids is 1. The van der Waals surface area contributed by atoms with Gasteiger partial charge < -0.3 is 33.9 Å². The molecule has 0 fully saturated rings. The Morgan fingerprint density at radius 3 is 2.34 bits per heavy atom. The number of methoxy groups -OCH3 is 2. The van der Waals surface area contributed by atoms with Crippen molar-refractivity contribution in [3.63, 3.8) is 0 Å². The molecule has 3 aromatic carbocycles. The van der Waals surface area contributed by atoms with Gasteiger partial charge in [-0.2, -0.15) is 0 Å². The number of hydrogen-bond donors (Lipinski definition) is 3. The number of carbonyl (C=O) groups is 1. The molecule has 0 bridgehead atoms. The van der Waals surface area contributed by atoms with E-state index in [4.69, 9.17) is 18.6 Å². The molecular weight excluding hydrogens is 456 g/mol. The maximum absolute atomic E-state index is 13.0. The van der Waals surface area contributed by atoms with E-state index >= 15 is 0 Å². The summed E-state index contributed by atoms with van der Waals surface area (Å²) in [6.07, 6.45) is -0.0453. The molecule has 2 heterocycles. The average molecular weight is 476 g/mol. The SMILES string of the molecule is COc1ccc([C@@H]2CC(=O)Oc3cc(O)c4c(=O)cc(-c5ccc(O)c(O)c5)oc4c32)cc1OC. The van der Waals surface area contributed by atoms with E-state index < -0.39 is 23.1 Å². The number of rotatable bonds is 4. The Labute approximate surface area is 198 Å². The van der Waals surface area contributed by atoms with Crippen LogP contribution in [0.15, 0.2) is 57.7 Å². The van der Waals surface area contributed by atoms with Gasteiger partial charge in [-0.25, -0.2) is 0 Å². The van der Waals surface area contributed by atoms with Crippen LogP contribution in [0, 0.1) is 0 Å². The number of aromatic hydroxyl groups is 3. The predicted octanol–water partition coefficient (Wildman–Crippen LogP) is 4.04. The first-order valence-electron chi connectivity index (χ1n) is 10.6. The maximum Gasteiger partial charge on any atom is 0.312 e. The van der Waals surface area contributed by atoms with Gasteiger partial charge >= 0.3 is 5.97 Å². The van der Waals surface area contributed by atoms with Gasteiger partial charge in [0.25, 0.3) is 0 Å². The predicted molar refractivity (Wildman–Crippen MR) is 125 cm³/mol. The van der Waals surface area contributed by atoms with Crippen molar-refractivity contribution in [3.8, 4) is 45.8 Å². The number of phenolic OH excluding ortho intramolecular Hbond substituents is 3. The van der Waals surface area contributed by atoms with E-state index in [1.165, 1.54) is 44.6 Å². The second-order valence-corrected chi connectivity index (χ2v) is 8.04. The Morgan fingerprint density at radius 2 is 1.63 bits per heavy atom. The minimum absolute atomic E-state index is 0.0438. The lowest BCUT2D eigenvalue weighted by atomic mass is 9.85. The van der Waals surface area contributed by atoms with E-state index in [9.17, 15) is 24.9 Å². The average Bonchev–Trinajstić information content (AvgIpc) is 2.84. The lowest BCUT2D eigenvalue weighted by molar-refractivity contribution is -0.135. The van der Waals surface area contributed by atoms with Crippen LogP contribution in [0.4, 0.5) is 0 Å². The topological polar surface area (TPSA) is 136 Å². The third kappa shape index (κ3) is 3.67. The maximum atomic E-state index is 13.0. The summed E-state index contributed by atoms with van der Waals surface area (Å²) in [4.78, 5) is 25.5. The molecule has 9 nitrogen and oxygen atoms in total. The Balaban J connectivity index is 1.79. The number of hydrogen-bond acceptors (Lipinski definition) is 9. The first kappa shape index (κ1) is 22.1. The molecule has 0 saturated heterocycles. The highest BCUT2D eigenvalue weighted by molar-refractivity contribution is 5.93. The van der Waals surface area contributed by atoms with Crippen LogP contribution in [-0.2, 0) is 4.79 Å². The molecule has 0 radical (unpaired) electrons. The van der Waals surface area contributed by atoms with E-state index in [0.717, 1.165) is 0 Å². The summed E-state index contributed by atoms with van der Waals surface area (Å²) in [6, 6.07) is 11.6. The van der Waals surface area contributed by atoms with E-state index in [0.29, 0.717) is 28.2 Å². The molecule has 35 heavy (non-hydrogen) atoms.